The lowest BCUT2D eigenvalue weighted by Gasteiger charge is -2.08. The maximum absolute atomic E-state index is 12.7. The lowest BCUT2D eigenvalue weighted by Crippen LogP contribution is -2.19. The van der Waals surface area contributed by atoms with E-state index in [1.807, 2.05) is 6.92 Å². The number of nitrogens with zero attached hydrogens (tertiary/aromatic N) is 4. The molecule has 3 aromatic rings. The summed E-state index contributed by atoms with van der Waals surface area (Å²) in [5.74, 6) is -2.98. The summed E-state index contributed by atoms with van der Waals surface area (Å²) in [6.07, 6.45) is 0.731. The van der Waals surface area contributed by atoms with Crippen molar-refractivity contribution in [2.24, 2.45) is 0 Å². The van der Waals surface area contributed by atoms with Gasteiger partial charge in [-0.05, 0) is 30.3 Å². The van der Waals surface area contributed by atoms with Crippen molar-refractivity contribution in [3.63, 3.8) is 0 Å². The van der Waals surface area contributed by atoms with Gasteiger partial charge in [0, 0.05) is 0 Å². The Morgan fingerprint density at radius 1 is 1.38 bits per heavy atom. The zero-order valence-corrected chi connectivity index (χ0v) is 14.2. The number of imidazole rings is 1. The first-order valence-electron chi connectivity index (χ1n) is 7.09. The van der Waals surface area contributed by atoms with Crippen LogP contribution in [0.1, 0.15) is 11.9 Å². The minimum absolute atomic E-state index is 0.105. The Morgan fingerprint density at radius 3 is 2.88 bits per heavy atom. The summed E-state index contributed by atoms with van der Waals surface area (Å²) < 4.78 is 27.0. The first-order valence-corrected chi connectivity index (χ1v) is 8.78. The van der Waals surface area contributed by atoms with Crippen molar-refractivity contribution in [3.05, 3.63) is 29.3 Å². The van der Waals surface area contributed by atoms with Crippen LogP contribution in [0.2, 0.25) is 0 Å². The smallest absolute Gasteiger partial charge is 0.291 e. The molecule has 0 aliphatic heterocycles. The molecular weight excluding hydrogens is 356 g/mol. The average Bonchev–Trinajstić information content (AvgIpc) is 3.12. The van der Waals surface area contributed by atoms with Gasteiger partial charge < -0.3 is 4.57 Å². The van der Waals surface area contributed by atoms with Crippen LogP contribution in [0.5, 0.6) is 0 Å². The molecule has 24 heavy (non-hydrogen) atoms. The molecule has 0 aliphatic rings. The summed E-state index contributed by atoms with van der Waals surface area (Å²) >= 11 is 1.61. The minimum Gasteiger partial charge on any atom is -0.309 e. The zero-order valence-electron chi connectivity index (χ0n) is 12.6. The zero-order chi connectivity index (χ0) is 17.1. The van der Waals surface area contributed by atoms with Crippen LogP contribution in [0.25, 0.3) is 11.0 Å². The number of hydrogen-bond donors (Lipinski definition) is 1. The van der Waals surface area contributed by atoms with E-state index >= 15 is 0 Å². The van der Waals surface area contributed by atoms with E-state index < -0.39 is 5.76 Å². The molecule has 10 heteroatoms. The van der Waals surface area contributed by atoms with Crippen molar-refractivity contribution >= 4 is 45.2 Å². The molecule has 1 amide bonds. The second-order valence-electron chi connectivity index (χ2n) is 4.75. The molecule has 6 nitrogen and oxygen atoms in total. The summed E-state index contributed by atoms with van der Waals surface area (Å²) in [7, 11) is 0. The van der Waals surface area contributed by atoms with E-state index in [0.29, 0.717) is 27.9 Å². The second-order valence-corrected chi connectivity index (χ2v) is 6.77. The summed E-state index contributed by atoms with van der Waals surface area (Å²) in [6, 6.07) is 7.00. The Balaban J connectivity index is 1.83. The van der Waals surface area contributed by atoms with Crippen molar-refractivity contribution < 1.29 is 13.6 Å². The van der Waals surface area contributed by atoms with Gasteiger partial charge >= 0.3 is 0 Å². The normalized spacial score (nSPS) is 11.3. The van der Waals surface area contributed by atoms with Gasteiger partial charge in [-0.1, -0.05) is 30.4 Å². The summed E-state index contributed by atoms with van der Waals surface area (Å²) in [5, 5.41) is 11.7. The molecule has 3 rings (SSSR count). The topological polar surface area (TPSA) is 72.7 Å². The number of hydrogen-bond acceptors (Lipinski definition) is 6. The minimum atomic E-state index is -2.61. The molecule has 0 spiro atoms. The van der Waals surface area contributed by atoms with E-state index in [9.17, 15) is 13.6 Å². The predicted octanol–water partition coefficient (Wildman–Crippen LogP) is 3.40. The molecule has 0 saturated heterocycles. The Labute approximate surface area is 144 Å². The van der Waals surface area contributed by atoms with Gasteiger partial charge in [0.1, 0.15) is 11.6 Å². The number of thioether (sulfide) groups is 1. The van der Waals surface area contributed by atoms with E-state index in [-0.39, 0.29) is 17.6 Å². The van der Waals surface area contributed by atoms with Crippen LogP contribution in [0.4, 0.5) is 13.9 Å². The fraction of sp³-hybridized carbons (Fsp3) is 0.286. The predicted molar refractivity (Wildman–Crippen MR) is 89.5 cm³/mol. The second kappa shape index (κ2) is 7.22. The molecule has 0 fully saturated rings. The molecule has 1 N–H and O–H groups in total. The van der Waals surface area contributed by atoms with E-state index in [0.717, 1.165) is 11.4 Å². The number of nitrogens with one attached hydrogen (secondary N) is 1. The Kier molecular flexibility index (Phi) is 5.05. The molecule has 0 radical (unpaired) electrons. The Morgan fingerprint density at radius 2 is 2.17 bits per heavy atom. The monoisotopic (exact) mass is 369 g/mol. The van der Waals surface area contributed by atoms with Gasteiger partial charge in [-0.15, -0.1) is 10.2 Å². The first kappa shape index (κ1) is 16.8. The number of benzene rings is 1. The summed E-state index contributed by atoms with van der Waals surface area (Å²) in [6.45, 7) is 1.81. The maximum atomic E-state index is 12.7. The van der Waals surface area contributed by atoms with Gasteiger partial charge in [-0.3, -0.25) is 10.1 Å². The molecule has 1 aromatic carbocycles. The third-order valence-electron chi connectivity index (χ3n) is 3.13. The van der Waals surface area contributed by atoms with E-state index in [1.165, 1.54) is 15.9 Å². The SMILES string of the molecule is CCc1nnc(NC(=O)Cn2c(SC(F)F)nc3ccccc32)s1. The molecule has 2 aromatic heterocycles. The summed E-state index contributed by atoms with van der Waals surface area (Å²) in [4.78, 5) is 16.4. The molecule has 126 valence electrons. The molecule has 0 aliphatic carbocycles. The number of halogens is 2. The van der Waals surface area contributed by atoms with E-state index in [4.69, 9.17) is 0 Å². The standard InChI is InChI=1S/C14H13F2N5OS2/c1-2-11-19-20-13(23-11)18-10(22)7-21-9-6-4-3-5-8(9)17-14(21)24-12(15)16/h3-6,12H,2,7H2,1H3,(H,18,20,22). The number of anilines is 1. The van der Waals surface area contributed by atoms with E-state index in [2.05, 4.69) is 20.5 Å². The number of para-hydroxylation sites is 2. The lowest BCUT2D eigenvalue weighted by atomic mass is 10.3. The van der Waals surface area contributed by atoms with Crippen molar-refractivity contribution in [2.45, 2.75) is 30.8 Å². The van der Waals surface area contributed by atoms with Crippen molar-refractivity contribution in [1.29, 1.82) is 0 Å². The van der Waals surface area contributed by atoms with Crippen molar-refractivity contribution in [2.75, 3.05) is 5.32 Å². The number of amides is 1. The Hall–Kier alpha value is -2.07. The number of carbonyl (C=O) groups excluding carboxylic acids is 1. The van der Waals surface area contributed by atoms with Crippen LogP contribution >= 0.6 is 23.1 Å². The summed E-state index contributed by atoms with van der Waals surface area (Å²) in [5.41, 5.74) is 1.19. The van der Waals surface area contributed by atoms with Gasteiger partial charge in [0.15, 0.2) is 5.16 Å². The van der Waals surface area contributed by atoms with Gasteiger partial charge in [-0.25, -0.2) is 4.98 Å². The molecule has 0 saturated carbocycles. The lowest BCUT2D eigenvalue weighted by molar-refractivity contribution is -0.116. The number of carbonyl (C=O) groups is 1. The fourth-order valence-corrected chi connectivity index (χ4v) is 3.42. The first-order chi connectivity index (χ1) is 11.6. The highest BCUT2D eigenvalue weighted by atomic mass is 32.2. The molecule has 0 bridgehead atoms. The number of alkyl halides is 2. The van der Waals surface area contributed by atoms with E-state index in [1.54, 1.807) is 24.3 Å². The average molecular weight is 369 g/mol. The quantitative estimate of drug-likeness (QED) is 0.674. The highest BCUT2D eigenvalue weighted by molar-refractivity contribution is 7.99. The third kappa shape index (κ3) is 3.70. The highest BCUT2D eigenvalue weighted by Crippen LogP contribution is 2.28. The van der Waals surface area contributed by atoms with Gasteiger partial charge in [0.25, 0.3) is 5.76 Å². The number of rotatable bonds is 6. The highest BCUT2D eigenvalue weighted by Gasteiger charge is 2.18. The fourth-order valence-electron chi connectivity index (χ4n) is 2.13. The van der Waals surface area contributed by atoms with Crippen LogP contribution in [-0.2, 0) is 17.8 Å². The largest absolute Gasteiger partial charge is 0.309 e. The molecule has 0 atom stereocenters. The number of aromatic nitrogens is 4. The van der Waals surface area contributed by atoms with Crippen LogP contribution in [-0.4, -0.2) is 31.4 Å². The van der Waals surface area contributed by atoms with Crippen LogP contribution < -0.4 is 5.32 Å². The maximum Gasteiger partial charge on any atom is 0.291 e. The van der Waals surface area contributed by atoms with Gasteiger partial charge in [-0.2, -0.15) is 8.78 Å². The van der Waals surface area contributed by atoms with Crippen molar-refractivity contribution in [3.8, 4) is 0 Å². The van der Waals surface area contributed by atoms with Gasteiger partial charge in [0.05, 0.1) is 11.0 Å². The number of aryl methyl sites for hydroxylation is 1. The Bertz CT molecular complexity index is 864. The van der Waals surface area contributed by atoms with Gasteiger partial charge in [0.2, 0.25) is 11.0 Å². The molecular formula is C14H13F2N5OS2. The van der Waals surface area contributed by atoms with Crippen LogP contribution in [0.3, 0.4) is 0 Å². The van der Waals surface area contributed by atoms with Crippen LogP contribution in [0.15, 0.2) is 29.4 Å². The molecule has 0 unspecified atom stereocenters. The van der Waals surface area contributed by atoms with Crippen LogP contribution in [0, 0.1) is 0 Å². The third-order valence-corrected chi connectivity index (χ3v) is 4.82. The number of fused-ring (bicyclic) bond motifs is 1. The van der Waals surface area contributed by atoms with Crippen molar-refractivity contribution in [1.82, 2.24) is 19.7 Å². The molecule has 2 heterocycles.